The molecule has 0 saturated carbocycles. The van der Waals surface area contributed by atoms with Crippen LogP contribution in [0.5, 0.6) is 5.75 Å². The summed E-state index contributed by atoms with van der Waals surface area (Å²) in [5.74, 6) is 0.257. The molecule has 0 aliphatic carbocycles. The Morgan fingerprint density at radius 3 is 2.50 bits per heavy atom. The number of carbonyl (C=O) groups excluding carboxylic acids is 1. The smallest absolute Gasteiger partial charge is 0.305 e. The van der Waals surface area contributed by atoms with Gasteiger partial charge < -0.3 is 9.47 Å². The van der Waals surface area contributed by atoms with E-state index in [1.54, 1.807) is 31.4 Å². The molecule has 1 heterocycles. The highest BCUT2D eigenvalue weighted by atomic mass is 32.2. The molecule has 0 N–H and O–H groups in total. The number of anilines is 1. The zero-order valence-electron chi connectivity index (χ0n) is 17.8. The summed E-state index contributed by atoms with van der Waals surface area (Å²) in [5.41, 5.74) is 2.65. The molecule has 1 aliphatic rings. The predicted molar refractivity (Wildman–Crippen MR) is 117 cm³/mol. The van der Waals surface area contributed by atoms with Crippen LogP contribution in [0.4, 0.5) is 5.69 Å². The summed E-state index contributed by atoms with van der Waals surface area (Å²) in [5, 5.41) is 0. The molecule has 0 saturated heterocycles. The Labute approximate surface area is 178 Å². The SMILES string of the molecule is CCCCc1ccc(S(=O)(=O)N2CC(CCC(=O)OC)c3cc(OC)ccc32)cc1. The number of carbonyl (C=O) groups is 1. The lowest BCUT2D eigenvalue weighted by Crippen LogP contribution is -2.30. The van der Waals surface area contributed by atoms with Gasteiger partial charge in [0.05, 0.1) is 24.8 Å². The van der Waals surface area contributed by atoms with Gasteiger partial charge >= 0.3 is 5.97 Å². The number of aryl methyl sites for hydroxylation is 1. The minimum atomic E-state index is -3.71. The number of sulfonamides is 1. The van der Waals surface area contributed by atoms with Crippen LogP contribution in [0.15, 0.2) is 47.4 Å². The monoisotopic (exact) mass is 431 g/mol. The number of rotatable bonds is 9. The molecule has 1 atom stereocenters. The average molecular weight is 432 g/mol. The van der Waals surface area contributed by atoms with Crippen molar-refractivity contribution in [1.29, 1.82) is 0 Å². The first-order chi connectivity index (χ1) is 14.4. The minimum absolute atomic E-state index is 0.104. The summed E-state index contributed by atoms with van der Waals surface area (Å²) < 4.78 is 38.4. The van der Waals surface area contributed by atoms with Crippen LogP contribution in [-0.4, -0.2) is 35.2 Å². The van der Waals surface area contributed by atoms with Gasteiger partial charge in [0, 0.05) is 18.9 Å². The van der Waals surface area contributed by atoms with Crippen molar-refractivity contribution >= 4 is 21.7 Å². The quantitative estimate of drug-likeness (QED) is 0.554. The van der Waals surface area contributed by atoms with E-state index >= 15 is 0 Å². The fourth-order valence-electron chi connectivity index (χ4n) is 3.82. The Balaban J connectivity index is 1.90. The Bertz CT molecular complexity index is 985. The zero-order valence-corrected chi connectivity index (χ0v) is 18.6. The molecule has 0 fully saturated rings. The standard InChI is InChI=1S/C23H29NO5S/c1-4-5-6-17-7-11-20(12-8-17)30(26,27)24-16-18(9-14-23(25)29-3)21-15-19(28-2)10-13-22(21)24/h7-8,10-13,15,18H,4-6,9,14,16H2,1-3H3. The Kier molecular flexibility index (Phi) is 7.02. The number of ether oxygens (including phenoxy) is 2. The largest absolute Gasteiger partial charge is 0.497 e. The lowest BCUT2D eigenvalue weighted by molar-refractivity contribution is -0.140. The number of methoxy groups -OCH3 is 2. The number of benzene rings is 2. The molecular weight excluding hydrogens is 402 g/mol. The summed E-state index contributed by atoms with van der Waals surface area (Å²) in [6, 6.07) is 12.6. The molecule has 0 radical (unpaired) electrons. The lowest BCUT2D eigenvalue weighted by Gasteiger charge is -2.20. The summed E-state index contributed by atoms with van der Waals surface area (Å²) in [7, 11) is -0.775. The fourth-order valence-corrected chi connectivity index (χ4v) is 5.35. The number of hydrogen-bond acceptors (Lipinski definition) is 5. The molecular formula is C23H29NO5S. The maximum Gasteiger partial charge on any atom is 0.305 e. The van der Waals surface area contributed by atoms with E-state index in [1.807, 2.05) is 18.2 Å². The maximum absolute atomic E-state index is 13.4. The van der Waals surface area contributed by atoms with Crippen molar-refractivity contribution in [1.82, 2.24) is 0 Å². The maximum atomic E-state index is 13.4. The topological polar surface area (TPSA) is 72.9 Å². The molecule has 3 rings (SSSR count). The van der Waals surface area contributed by atoms with Gasteiger partial charge in [0.1, 0.15) is 5.75 Å². The number of esters is 1. The van der Waals surface area contributed by atoms with Crippen LogP contribution in [0.25, 0.3) is 0 Å². The molecule has 6 nitrogen and oxygen atoms in total. The van der Waals surface area contributed by atoms with E-state index in [1.165, 1.54) is 11.4 Å². The summed E-state index contributed by atoms with van der Waals surface area (Å²) in [6.45, 7) is 2.43. The van der Waals surface area contributed by atoms with E-state index in [4.69, 9.17) is 9.47 Å². The molecule has 0 bridgehead atoms. The van der Waals surface area contributed by atoms with Crippen molar-refractivity contribution in [3.63, 3.8) is 0 Å². The molecule has 7 heteroatoms. The van der Waals surface area contributed by atoms with E-state index in [-0.39, 0.29) is 23.2 Å². The molecule has 0 amide bonds. The highest BCUT2D eigenvalue weighted by Gasteiger charge is 2.37. The third-order valence-corrected chi connectivity index (χ3v) is 7.38. The second-order valence-electron chi connectivity index (χ2n) is 7.52. The molecule has 30 heavy (non-hydrogen) atoms. The van der Waals surface area contributed by atoms with Gasteiger partial charge in [-0.15, -0.1) is 0 Å². The van der Waals surface area contributed by atoms with Gasteiger partial charge in [-0.25, -0.2) is 8.42 Å². The molecule has 162 valence electrons. The van der Waals surface area contributed by atoms with Crippen molar-refractivity contribution in [2.24, 2.45) is 0 Å². The third-order valence-electron chi connectivity index (χ3n) is 5.58. The summed E-state index contributed by atoms with van der Waals surface area (Å²) >= 11 is 0. The van der Waals surface area contributed by atoms with E-state index in [9.17, 15) is 13.2 Å². The van der Waals surface area contributed by atoms with Crippen molar-refractivity contribution in [3.8, 4) is 5.75 Å². The van der Waals surface area contributed by atoms with Crippen LogP contribution >= 0.6 is 0 Å². The second kappa shape index (κ2) is 9.51. The van der Waals surface area contributed by atoms with Crippen molar-refractivity contribution < 1.29 is 22.7 Å². The normalized spacial score (nSPS) is 15.7. The first kappa shape index (κ1) is 22.2. The lowest BCUT2D eigenvalue weighted by atomic mass is 9.96. The molecule has 2 aromatic carbocycles. The van der Waals surface area contributed by atoms with Gasteiger partial charge in [-0.05, 0) is 60.7 Å². The molecule has 0 spiro atoms. The Morgan fingerprint density at radius 2 is 1.87 bits per heavy atom. The van der Waals surface area contributed by atoms with E-state index in [0.29, 0.717) is 24.4 Å². The summed E-state index contributed by atoms with van der Waals surface area (Å²) in [6.07, 6.45) is 3.86. The van der Waals surface area contributed by atoms with Gasteiger partial charge in [0.15, 0.2) is 0 Å². The van der Waals surface area contributed by atoms with E-state index < -0.39 is 10.0 Å². The van der Waals surface area contributed by atoms with Gasteiger partial charge in [0.2, 0.25) is 0 Å². The van der Waals surface area contributed by atoms with Crippen molar-refractivity contribution in [2.75, 3.05) is 25.1 Å². The zero-order chi connectivity index (χ0) is 21.7. The van der Waals surface area contributed by atoms with Crippen LogP contribution in [0, 0.1) is 0 Å². The highest BCUT2D eigenvalue weighted by molar-refractivity contribution is 7.92. The Hall–Kier alpha value is -2.54. The van der Waals surface area contributed by atoms with Crippen LogP contribution < -0.4 is 9.04 Å². The minimum Gasteiger partial charge on any atom is -0.497 e. The van der Waals surface area contributed by atoms with Crippen LogP contribution in [0.1, 0.15) is 49.7 Å². The molecule has 2 aromatic rings. The molecule has 1 unspecified atom stereocenters. The number of hydrogen-bond donors (Lipinski definition) is 0. The molecule has 0 aromatic heterocycles. The number of nitrogens with zero attached hydrogens (tertiary/aromatic N) is 1. The molecule has 1 aliphatic heterocycles. The number of unbranched alkanes of at least 4 members (excludes halogenated alkanes) is 1. The van der Waals surface area contributed by atoms with Gasteiger partial charge in [-0.3, -0.25) is 9.10 Å². The third kappa shape index (κ3) is 4.61. The van der Waals surface area contributed by atoms with E-state index in [0.717, 1.165) is 30.4 Å². The van der Waals surface area contributed by atoms with Crippen molar-refractivity contribution in [2.45, 2.75) is 49.8 Å². The highest BCUT2D eigenvalue weighted by Crippen LogP contribution is 2.43. The van der Waals surface area contributed by atoms with Gasteiger partial charge in [0.25, 0.3) is 10.0 Å². The predicted octanol–water partition coefficient (Wildman–Crippen LogP) is 4.28. The second-order valence-corrected chi connectivity index (χ2v) is 9.38. The Morgan fingerprint density at radius 1 is 1.13 bits per heavy atom. The van der Waals surface area contributed by atoms with Crippen molar-refractivity contribution in [3.05, 3.63) is 53.6 Å². The average Bonchev–Trinajstić information content (AvgIpc) is 3.14. The number of fused-ring (bicyclic) bond motifs is 1. The first-order valence-corrected chi connectivity index (χ1v) is 11.7. The van der Waals surface area contributed by atoms with Gasteiger partial charge in [-0.2, -0.15) is 0 Å². The first-order valence-electron chi connectivity index (χ1n) is 10.3. The van der Waals surface area contributed by atoms with Crippen LogP contribution in [0.3, 0.4) is 0 Å². The summed E-state index contributed by atoms with van der Waals surface area (Å²) in [4.78, 5) is 11.9. The van der Waals surface area contributed by atoms with Crippen LogP contribution in [-0.2, 0) is 26.0 Å². The van der Waals surface area contributed by atoms with E-state index in [2.05, 4.69) is 6.92 Å². The van der Waals surface area contributed by atoms with Gasteiger partial charge in [-0.1, -0.05) is 25.5 Å². The van der Waals surface area contributed by atoms with Crippen LogP contribution in [0.2, 0.25) is 0 Å². The fraction of sp³-hybridized carbons (Fsp3) is 0.435.